The maximum Gasteiger partial charge on any atom is 0.276 e. The summed E-state index contributed by atoms with van der Waals surface area (Å²) < 4.78 is 5.76. The number of benzene rings is 2. The zero-order chi connectivity index (χ0) is 16.1. The lowest BCUT2D eigenvalue weighted by Crippen LogP contribution is -2.16. The first-order chi connectivity index (χ1) is 10.3. The van der Waals surface area contributed by atoms with Crippen molar-refractivity contribution < 1.29 is 9.34 Å². The topological polar surface area (TPSA) is 56.3 Å². The molecule has 0 saturated carbocycles. The van der Waals surface area contributed by atoms with Crippen LogP contribution in [-0.4, -0.2) is 4.92 Å². The van der Waals surface area contributed by atoms with Gasteiger partial charge in [-0.2, -0.15) is 0 Å². The summed E-state index contributed by atoms with van der Waals surface area (Å²) in [5, 5.41) is 13.4. The van der Waals surface area contributed by atoms with Gasteiger partial charge in [0.05, 0.1) is 11.0 Å². The van der Waals surface area contributed by atoms with E-state index in [1.165, 1.54) is 0 Å². The van der Waals surface area contributed by atoms with Gasteiger partial charge in [-0.15, -0.1) is 0 Å². The number of nitro benzene ring substituents is 1. The molecule has 0 aliphatic rings. The Labute approximate surface area is 128 Å². The van der Waals surface area contributed by atoms with Crippen LogP contribution in [0.15, 0.2) is 40.8 Å². The van der Waals surface area contributed by atoms with Crippen molar-refractivity contribution in [2.24, 2.45) is 5.41 Å². The molecule has 0 amide bonds. The third kappa shape index (κ3) is 2.25. The van der Waals surface area contributed by atoms with Crippen LogP contribution in [0.4, 0.5) is 5.69 Å². The molecule has 1 heterocycles. The maximum atomic E-state index is 11.5. The second-order valence-corrected chi connectivity index (χ2v) is 6.85. The minimum atomic E-state index is -0.315. The molecule has 0 aliphatic carbocycles. The molecule has 0 N–H and O–H groups in total. The van der Waals surface area contributed by atoms with Gasteiger partial charge in [0.1, 0.15) is 11.2 Å². The van der Waals surface area contributed by atoms with Crippen LogP contribution in [0.2, 0.25) is 0 Å². The van der Waals surface area contributed by atoms with Crippen molar-refractivity contribution in [3.05, 3.63) is 52.1 Å². The fourth-order valence-corrected chi connectivity index (χ4v) is 2.75. The predicted molar refractivity (Wildman–Crippen MR) is 88.2 cm³/mol. The fourth-order valence-electron chi connectivity index (χ4n) is 2.75. The summed E-state index contributed by atoms with van der Waals surface area (Å²) in [6.45, 7) is 8.33. The molecule has 4 nitrogen and oxygen atoms in total. The highest BCUT2D eigenvalue weighted by Crippen LogP contribution is 2.42. The van der Waals surface area contributed by atoms with E-state index >= 15 is 0 Å². The second-order valence-electron chi connectivity index (χ2n) is 6.85. The number of furan rings is 1. The van der Waals surface area contributed by atoms with Crippen molar-refractivity contribution in [3.8, 4) is 0 Å². The van der Waals surface area contributed by atoms with Crippen molar-refractivity contribution in [2.75, 3.05) is 0 Å². The molecule has 3 rings (SSSR count). The van der Waals surface area contributed by atoms with Gasteiger partial charge < -0.3 is 4.42 Å². The average molecular weight is 297 g/mol. The lowest BCUT2D eigenvalue weighted by molar-refractivity contribution is -0.385. The van der Waals surface area contributed by atoms with Crippen molar-refractivity contribution in [1.29, 1.82) is 0 Å². The van der Waals surface area contributed by atoms with Crippen molar-refractivity contribution in [2.45, 2.75) is 33.6 Å². The zero-order valence-corrected chi connectivity index (χ0v) is 13.2. The Morgan fingerprint density at radius 1 is 1.09 bits per heavy atom. The number of nitro groups is 1. The summed E-state index contributed by atoms with van der Waals surface area (Å²) in [6, 6.07) is 11.2. The number of rotatable bonds is 2. The highest BCUT2D eigenvalue weighted by Gasteiger charge is 2.29. The molecule has 3 aromatic rings. The minimum absolute atomic E-state index is 0.0576. The van der Waals surface area contributed by atoms with Gasteiger partial charge in [-0.25, -0.2) is 0 Å². The molecule has 4 heteroatoms. The summed E-state index contributed by atoms with van der Waals surface area (Å²) in [4.78, 5) is 11.2. The van der Waals surface area contributed by atoms with E-state index in [9.17, 15) is 10.1 Å². The molecule has 22 heavy (non-hydrogen) atoms. The molecule has 0 fully saturated rings. The van der Waals surface area contributed by atoms with Crippen LogP contribution in [0.1, 0.15) is 39.2 Å². The van der Waals surface area contributed by atoms with Gasteiger partial charge in [0.25, 0.3) is 5.69 Å². The van der Waals surface area contributed by atoms with Gasteiger partial charge >= 0.3 is 0 Å². The Balaban J connectivity index is 2.36. The summed E-state index contributed by atoms with van der Waals surface area (Å²) in [6.07, 6.45) is 0. The number of nitrogens with zero attached hydrogens (tertiary/aromatic N) is 1. The molecule has 0 saturated heterocycles. The minimum Gasteiger partial charge on any atom is -0.456 e. The molecule has 1 unspecified atom stereocenters. The van der Waals surface area contributed by atoms with E-state index in [4.69, 9.17) is 4.42 Å². The smallest absolute Gasteiger partial charge is 0.276 e. The Morgan fingerprint density at radius 3 is 2.41 bits per heavy atom. The van der Waals surface area contributed by atoms with Crippen molar-refractivity contribution in [3.63, 3.8) is 0 Å². The Morgan fingerprint density at radius 2 is 1.77 bits per heavy atom. The molecule has 2 aromatic carbocycles. The molecule has 1 aromatic heterocycles. The summed E-state index contributed by atoms with van der Waals surface area (Å²) >= 11 is 0. The van der Waals surface area contributed by atoms with Gasteiger partial charge in [-0.3, -0.25) is 10.1 Å². The highest BCUT2D eigenvalue weighted by molar-refractivity contribution is 6.05. The first-order valence-electron chi connectivity index (χ1n) is 7.38. The molecule has 0 bridgehead atoms. The van der Waals surface area contributed by atoms with E-state index in [1.54, 1.807) is 6.07 Å². The van der Waals surface area contributed by atoms with Crippen molar-refractivity contribution in [1.82, 2.24) is 0 Å². The Kier molecular flexibility index (Phi) is 3.20. The highest BCUT2D eigenvalue weighted by atomic mass is 16.6. The molecular weight excluding hydrogens is 278 g/mol. The van der Waals surface area contributed by atoms with E-state index in [-0.39, 0.29) is 21.9 Å². The fraction of sp³-hybridized carbons (Fsp3) is 0.333. The van der Waals surface area contributed by atoms with E-state index in [0.29, 0.717) is 5.58 Å². The molecule has 114 valence electrons. The van der Waals surface area contributed by atoms with Crippen LogP contribution in [0.25, 0.3) is 21.9 Å². The molecule has 0 spiro atoms. The average Bonchev–Trinajstić information content (AvgIpc) is 2.81. The summed E-state index contributed by atoms with van der Waals surface area (Å²) in [7, 11) is 0. The van der Waals surface area contributed by atoms with Crippen molar-refractivity contribution >= 4 is 27.6 Å². The third-order valence-electron chi connectivity index (χ3n) is 4.49. The molecular formula is C18H19NO3. The monoisotopic (exact) mass is 297 g/mol. The van der Waals surface area contributed by atoms with E-state index < -0.39 is 0 Å². The normalized spacial score (nSPS) is 13.6. The Hall–Kier alpha value is -2.36. The zero-order valence-electron chi connectivity index (χ0n) is 13.2. The number of hydrogen-bond donors (Lipinski definition) is 0. The number of hydrogen-bond acceptors (Lipinski definition) is 3. The number of para-hydroxylation sites is 1. The lowest BCUT2D eigenvalue weighted by atomic mass is 9.77. The van der Waals surface area contributed by atoms with Crippen LogP contribution in [0.5, 0.6) is 0 Å². The molecule has 0 aliphatic heterocycles. The van der Waals surface area contributed by atoms with Gasteiger partial charge in [0.15, 0.2) is 0 Å². The van der Waals surface area contributed by atoms with Gasteiger partial charge in [-0.05, 0) is 23.5 Å². The van der Waals surface area contributed by atoms with Gasteiger partial charge in [0.2, 0.25) is 0 Å². The van der Waals surface area contributed by atoms with Crippen LogP contribution < -0.4 is 0 Å². The van der Waals surface area contributed by atoms with Crippen LogP contribution in [0.3, 0.4) is 0 Å². The van der Waals surface area contributed by atoms with E-state index in [1.807, 2.05) is 37.3 Å². The lowest BCUT2D eigenvalue weighted by Gasteiger charge is -2.27. The van der Waals surface area contributed by atoms with Crippen LogP contribution in [-0.2, 0) is 0 Å². The van der Waals surface area contributed by atoms with Crippen LogP contribution >= 0.6 is 0 Å². The van der Waals surface area contributed by atoms with Gasteiger partial charge in [-0.1, -0.05) is 45.9 Å². The van der Waals surface area contributed by atoms with Crippen LogP contribution in [0, 0.1) is 15.5 Å². The largest absolute Gasteiger partial charge is 0.456 e. The maximum absolute atomic E-state index is 11.5. The quantitative estimate of drug-likeness (QED) is 0.454. The Bertz CT molecular complexity index is 871. The first-order valence-corrected chi connectivity index (χ1v) is 7.38. The molecule has 1 atom stereocenters. The van der Waals surface area contributed by atoms with E-state index in [0.717, 1.165) is 21.9 Å². The summed E-state index contributed by atoms with van der Waals surface area (Å²) in [5.41, 5.74) is 2.16. The third-order valence-corrected chi connectivity index (χ3v) is 4.49. The predicted octanol–water partition coefficient (Wildman–Crippen LogP) is 5.64. The standard InChI is InChI=1S/C18H19NO3/c1-11(18(2,3)4)13-9-14-12-7-5-6-8-16(12)22-17(14)10-15(13)19(20)21/h5-11H,1-4H3. The number of fused-ring (bicyclic) bond motifs is 3. The van der Waals surface area contributed by atoms with E-state index in [2.05, 4.69) is 20.8 Å². The molecule has 0 radical (unpaired) electrons. The first kappa shape index (κ1) is 14.6. The summed E-state index contributed by atoms with van der Waals surface area (Å²) in [5.74, 6) is 0.0611. The second kappa shape index (κ2) is 4.83. The van der Waals surface area contributed by atoms with Gasteiger partial charge in [0, 0.05) is 16.3 Å². The SMILES string of the molecule is CC(c1cc2c(cc1[N+](=O)[O-])oc1ccccc12)C(C)(C)C.